The van der Waals surface area contributed by atoms with Gasteiger partial charge >= 0.3 is 0 Å². The number of hydrogen-bond acceptors (Lipinski definition) is 2. The molecule has 0 unspecified atom stereocenters. The lowest BCUT2D eigenvalue weighted by Gasteiger charge is -2.27. The highest BCUT2D eigenvalue weighted by Crippen LogP contribution is 2.47. The molecule has 0 aliphatic rings. The molecule has 0 spiro atoms. The van der Waals surface area contributed by atoms with Crippen LogP contribution in [-0.4, -0.2) is 0 Å². The van der Waals surface area contributed by atoms with Crippen molar-refractivity contribution in [2.24, 2.45) is 0 Å². The molecule has 2 nitrogen and oxygen atoms in total. The van der Waals surface area contributed by atoms with Crippen molar-refractivity contribution in [3.63, 3.8) is 0 Å². The number of benzene rings is 12. The van der Waals surface area contributed by atoms with E-state index in [2.05, 4.69) is 254 Å². The topological polar surface area (TPSA) is 16.4 Å². The molecule has 0 atom stereocenters. The molecular formula is C64H41NO. The van der Waals surface area contributed by atoms with Gasteiger partial charge in [-0.05, 0) is 137 Å². The summed E-state index contributed by atoms with van der Waals surface area (Å²) in [6.07, 6.45) is 0. The van der Waals surface area contributed by atoms with Gasteiger partial charge in [0, 0.05) is 33.2 Å². The molecule has 1 heterocycles. The van der Waals surface area contributed by atoms with Gasteiger partial charge in [0.1, 0.15) is 11.2 Å². The van der Waals surface area contributed by atoms with Crippen LogP contribution in [0.3, 0.4) is 0 Å². The predicted octanol–water partition coefficient (Wildman–Crippen LogP) is 18.3. The highest BCUT2D eigenvalue weighted by molar-refractivity contribution is 6.22. The van der Waals surface area contributed by atoms with Crippen molar-refractivity contribution in [1.29, 1.82) is 0 Å². The minimum atomic E-state index is 0.871. The third-order valence-corrected chi connectivity index (χ3v) is 13.4. The maximum absolute atomic E-state index is 6.63. The number of hydrogen-bond donors (Lipinski definition) is 0. The Balaban J connectivity index is 1.02. The summed E-state index contributed by atoms with van der Waals surface area (Å²) in [6.45, 7) is 0. The largest absolute Gasteiger partial charge is 0.455 e. The normalized spacial score (nSPS) is 11.6. The Hall–Kier alpha value is -8.72. The van der Waals surface area contributed by atoms with Crippen LogP contribution >= 0.6 is 0 Å². The molecule has 1 aromatic heterocycles. The van der Waals surface area contributed by atoms with Crippen molar-refractivity contribution in [3.8, 4) is 44.5 Å². The second-order valence-corrected chi connectivity index (χ2v) is 17.2. The summed E-state index contributed by atoms with van der Waals surface area (Å²) < 4.78 is 6.63. The highest BCUT2D eigenvalue weighted by atomic mass is 16.3. The first-order chi connectivity index (χ1) is 32.7. The van der Waals surface area contributed by atoms with Gasteiger partial charge in [0.15, 0.2) is 0 Å². The zero-order valence-corrected chi connectivity index (χ0v) is 36.0. The van der Waals surface area contributed by atoms with Crippen molar-refractivity contribution >= 4 is 82.1 Å². The monoisotopic (exact) mass is 839 g/mol. The van der Waals surface area contributed by atoms with Crippen LogP contribution in [-0.2, 0) is 0 Å². The molecule has 0 bridgehead atoms. The average molecular weight is 840 g/mol. The molecule has 2 heteroatoms. The molecule has 66 heavy (non-hydrogen) atoms. The van der Waals surface area contributed by atoms with E-state index in [4.69, 9.17) is 4.42 Å². The van der Waals surface area contributed by atoms with Gasteiger partial charge in [0.2, 0.25) is 0 Å². The number of anilines is 3. The lowest BCUT2D eigenvalue weighted by molar-refractivity contribution is 0.672. The zero-order valence-electron chi connectivity index (χ0n) is 36.0. The van der Waals surface area contributed by atoms with Crippen molar-refractivity contribution in [3.05, 3.63) is 249 Å². The Morgan fingerprint density at radius 2 is 0.773 bits per heavy atom. The average Bonchev–Trinajstić information content (AvgIpc) is 3.77. The Morgan fingerprint density at radius 3 is 1.53 bits per heavy atom. The molecule has 0 fully saturated rings. The maximum atomic E-state index is 6.63. The maximum Gasteiger partial charge on any atom is 0.143 e. The number of furan rings is 1. The Kier molecular flexibility index (Phi) is 8.89. The SMILES string of the molecule is c1ccc(-c2c(-c3ccccc3)c3cc(-c4cccc(N(c5cccc(-c6cccc7ccccc67)c5)c5ccc6oc7c8ccccc8ccc7c6c5)c4)ccc3c3ccccc23)cc1. The minimum absolute atomic E-state index is 0.871. The van der Waals surface area contributed by atoms with Crippen molar-refractivity contribution in [2.75, 3.05) is 4.90 Å². The molecule has 0 saturated carbocycles. The third kappa shape index (κ3) is 6.26. The van der Waals surface area contributed by atoms with Gasteiger partial charge in [-0.25, -0.2) is 0 Å². The molecule has 0 amide bonds. The van der Waals surface area contributed by atoms with Crippen molar-refractivity contribution < 1.29 is 4.42 Å². The van der Waals surface area contributed by atoms with Crippen LogP contribution in [0.4, 0.5) is 17.1 Å². The van der Waals surface area contributed by atoms with Crippen LogP contribution in [0.15, 0.2) is 253 Å². The fourth-order valence-electron chi connectivity index (χ4n) is 10.4. The van der Waals surface area contributed by atoms with Gasteiger partial charge in [-0.15, -0.1) is 0 Å². The van der Waals surface area contributed by atoms with Crippen molar-refractivity contribution in [2.45, 2.75) is 0 Å². The van der Waals surface area contributed by atoms with Gasteiger partial charge in [0.25, 0.3) is 0 Å². The van der Waals surface area contributed by atoms with Crippen LogP contribution in [0, 0.1) is 0 Å². The van der Waals surface area contributed by atoms with Crippen LogP contribution in [0.1, 0.15) is 0 Å². The van der Waals surface area contributed by atoms with Gasteiger partial charge in [-0.1, -0.05) is 194 Å². The molecular weight excluding hydrogens is 799 g/mol. The molecule has 0 aliphatic carbocycles. The van der Waals surface area contributed by atoms with E-state index in [1.807, 2.05) is 0 Å². The molecule has 0 N–H and O–H groups in total. The van der Waals surface area contributed by atoms with E-state index in [0.717, 1.165) is 61.1 Å². The smallest absolute Gasteiger partial charge is 0.143 e. The summed E-state index contributed by atoms with van der Waals surface area (Å²) >= 11 is 0. The quantitative estimate of drug-likeness (QED) is 0.149. The first-order valence-corrected chi connectivity index (χ1v) is 22.7. The first kappa shape index (κ1) is 37.8. The van der Waals surface area contributed by atoms with E-state index in [9.17, 15) is 0 Å². The van der Waals surface area contributed by atoms with E-state index < -0.39 is 0 Å². The van der Waals surface area contributed by atoms with Gasteiger partial charge in [-0.2, -0.15) is 0 Å². The fourth-order valence-corrected chi connectivity index (χ4v) is 10.4. The number of fused-ring (bicyclic) bond motifs is 9. The van der Waals surface area contributed by atoms with Gasteiger partial charge in [-0.3, -0.25) is 0 Å². The summed E-state index contributed by atoms with van der Waals surface area (Å²) in [5.74, 6) is 0. The van der Waals surface area contributed by atoms with Crippen LogP contribution < -0.4 is 4.90 Å². The molecule has 13 aromatic rings. The summed E-state index contributed by atoms with van der Waals surface area (Å²) in [5.41, 5.74) is 14.5. The van der Waals surface area contributed by atoms with E-state index >= 15 is 0 Å². The third-order valence-electron chi connectivity index (χ3n) is 13.4. The molecule has 0 radical (unpaired) electrons. The summed E-state index contributed by atoms with van der Waals surface area (Å²) in [5, 5.41) is 11.9. The fraction of sp³-hybridized carbons (Fsp3) is 0. The van der Waals surface area contributed by atoms with Crippen LogP contribution in [0.25, 0.3) is 110 Å². The van der Waals surface area contributed by atoms with Gasteiger partial charge < -0.3 is 9.32 Å². The second-order valence-electron chi connectivity index (χ2n) is 17.2. The molecule has 308 valence electrons. The zero-order chi connectivity index (χ0) is 43.6. The summed E-state index contributed by atoms with van der Waals surface area (Å²) in [7, 11) is 0. The van der Waals surface area contributed by atoms with E-state index in [1.165, 1.54) is 65.5 Å². The molecule has 12 aromatic carbocycles. The van der Waals surface area contributed by atoms with E-state index in [1.54, 1.807) is 0 Å². The lowest BCUT2D eigenvalue weighted by Crippen LogP contribution is -2.10. The standard InChI is InChI=1S/C64H41NO/c1-3-18-44(19-4-1)62-57-30-12-11-29-55(57)56-35-33-47(40-60(56)63(62)45-20-5-2-6-21-45)46-23-13-25-49(38-46)65(50-26-14-24-48(39-50)53-31-15-22-42-16-7-9-27-52(42)53)51-34-37-61-59(41-51)58-36-32-43-17-8-10-28-54(43)64(58)66-61/h1-41H. The Bertz CT molecular complexity index is 3990. The van der Waals surface area contributed by atoms with E-state index in [0.29, 0.717) is 0 Å². The highest BCUT2D eigenvalue weighted by Gasteiger charge is 2.21. The molecule has 0 aliphatic heterocycles. The van der Waals surface area contributed by atoms with Crippen LogP contribution in [0.2, 0.25) is 0 Å². The Morgan fingerprint density at radius 1 is 0.258 bits per heavy atom. The molecule has 0 saturated heterocycles. The van der Waals surface area contributed by atoms with Crippen molar-refractivity contribution in [1.82, 2.24) is 0 Å². The lowest BCUT2D eigenvalue weighted by atomic mass is 9.84. The first-order valence-electron chi connectivity index (χ1n) is 22.7. The second kappa shape index (κ2) is 15.5. The molecule has 13 rings (SSSR count). The van der Waals surface area contributed by atoms with Gasteiger partial charge in [0.05, 0.1) is 0 Å². The Labute approximate surface area is 382 Å². The predicted molar refractivity (Wildman–Crippen MR) is 280 cm³/mol. The minimum Gasteiger partial charge on any atom is -0.455 e. The van der Waals surface area contributed by atoms with Crippen LogP contribution in [0.5, 0.6) is 0 Å². The number of rotatable bonds is 7. The summed E-state index contributed by atoms with van der Waals surface area (Å²) in [4.78, 5) is 2.40. The number of nitrogens with zero attached hydrogens (tertiary/aromatic N) is 1. The summed E-state index contributed by atoms with van der Waals surface area (Å²) in [6, 6.07) is 90.4. The van der Waals surface area contributed by atoms with E-state index in [-0.39, 0.29) is 0 Å².